The summed E-state index contributed by atoms with van der Waals surface area (Å²) in [7, 11) is 3.60. The molecule has 1 saturated heterocycles. The quantitative estimate of drug-likeness (QED) is 0.899. The predicted octanol–water partition coefficient (Wildman–Crippen LogP) is 1.36. The lowest BCUT2D eigenvalue weighted by Gasteiger charge is -2.27. The fraction of sp³-hybridized carbons (Fsp3) is 0.471. The van der Waals surface area contributed by atoms with Gasteiger partial charge in [-0.2, -0.15) is 5.10 Å². The number of hydrogen-bond donors (Lipinski definition) is 1. The van der Waals surface area contributed by atoms with Gasteiger partial charge in [-0.15, -0.1) is 0 Å². The van der Waals surface area contributed by atoms with Crippen LogP contribution in [0, 0.1) is 0 Å². The molecule has 3 heterocycles. The molecule has 0 aliphatic carbocycles. The number of carbonyl (C=O) groups excluding carboxylic acids is 1. The van der Waals surface area contributed by atoms with Crippen LogP contribution in [0.1, 0.15) is 17.5 Å². The molecule has 2 aromatic rings. The number of nitrogens with zero attached hydrogens (tertiary/aromatic N) is 4. The minimum Gasteiger partial charge on any atom is -0.379 e. The van der Waals surface area contributed by atoms with Gasteiger partial charge in [0, 0.05) is 45.8 Å². The lowest BCUT2D eigenvalue weighted by Crippen LogP contribution is -2.46. The number of amides is 2. The highest BCUT2D eigenvalue weighted by molar-refractivity contribution is 5.75. The topological polar surface area (TPSA) is 72.3 Å². The molecule has 0 bridgehead atoms. The lowest BCUT2D eigenvalue weighted by atomic mass is 10.0. The third-order valence-electron chi connectivity index (χ3n) is 4.42. The van der Waals surface area contributed by atoms with Crippen molar-refractivity contribution in [1.82, 2.24) is 25.0 Å². The molecule has 2 amide bonds. The first-order valence-electron chi connectivity index (χ1n) is 8.11. The minimum absolute atomic E-state index is 0.0214. The number of carbonyl (C=O) groups is 1. The van der Waals surface area contributed by atoms with E-state index in [0.29, 0.717) is 13.1 Å². The number of urea groups is 1. The molecule has 1 N–H and O–H groups in total. The van der Waals surface area contributed by atoms with Gasteiger partial charge in [0.25, 0.3) is 0 Å². The van der Waals surface area contributed by atoms with Crippen LogP contribution in [0.4, 0.5) is 4.79 Å². The molecule has 1 aliphatic heterocycles. The highest BCUT2D eigenvalue weighted by Gasteiger charge is 2.37. The molecular weight excluding hydrogens is 306 g/mol. The second kappa shape index (κ2) is 7.44. The van der Waals surface area contributed by atoms with Crippen molar-refractivity contribution in [2.75, 3.05) is 13.7 Å². The molecule has 0 saturated carbocycles. The molecule has 128 valence electrons. The Kier molecular flexibility index (Phi) is 5.10. The second-order valence-electron chi connectivity index (χ2n) is 6.07. The normalized spacial score (nSPS) is 20.3. The second-order valence-corrected chi connectivity index (χ2v) is 6.07. The smallest absolute Gasteiger partial charge is 0.318 e. The summed E-state index contributed by atoms with van der Waals surface area (Å²) in [5.74, 6) is 0. The largest absolute Gasteiger partial charge is 0.379 e. The molecular formula is C17H23N5O2. The number of ether oxygens (including phenoxy) is 1. The van der Waals surface area contributed by atoms with Crippen LogP contribution in [0.15, 0.2) is 36.9 Å². The first-order valence-corrected chi connectivity index (χ1v) is 8.11. The van der Waals surface area contributed by atoms with Gasteiger partial charge in [-0.25, -0.2) is 4.79 Å². The zero-order valence-electron chi connectivity index (χ0n) is 14.1. The van der Waals surface area contributed by atoms with Crippen molar-refractivity contribution < 1.29 is 9.53 Å². The van der Waals surface area contributed by atoms with E-state index in [4.69, 9.17) is 4.74 Å². The number of methoxy groups -OCH3 is 1. The van der Waals surface area contributed by atoms with E-state index >= 15 is 0 Å². The van der Waals surface area contributed by atoms with Gasteiger partial charge in [0.2, 0.25) is 0 Å². The summed E-state index contributed by atoms with van der Waals surface area (Å²) in [4.78, 5) is 18.5. The molecule has 3 rings (SSSR count). The Morgan fingerprint density at radius 1 is 1.42 bits per heavy atom. The van der Waals surface area contributed by atoms with Gasteiger partial charge < -0.3 is 15.0 Å². The average molecular weight is 329 g/mol. The van der Waals surface area contributed by atoms with Crippen LogP contribution >= 0.6 is 0 Å². The number of aryl methyl sites for hydroxylation is 1. The molecule has 24 heavy (non-hydrogen) atoms. The van der Waals surface area contributed by atoms with Crippen molar-refractivity contribution in [3.63, 3.8) is 0 Å². The number of rotatable bonds is 5. The molecule has 0 spiro atoms. The van der Waals surface area contributed by atoms with Crippen molar-refractivity contribution in [2.45, 2.75) is 31.5 Å². The summed E-state index contributed by atoms with van der Waals surface area (Å²) < 4.78 is 7.36. The minimum atomic E-state index is -0.0627. The van der Waals surface area contributed by atoms with Crippen LogP contribution in [0.5, 0.6) is 0 Å². The van der Waals surface area contributed by atoms with Gasteiger partial charge in [-0.1, -0.05) is 6.07 Å². The summed E-state index contributed by atoms with van der Waals surface area (Å²) in [5.41, 5.74) is 2.09. The third kappa shape index (κ3) is 3.73. The standard InChI is InChI=1S/C17H23N5O2/c1-21-12-14(11-20-21)8-15-16(24-2)5-7-22(15)17(23)19-10-13-4-3-6-18-9-13/h3-4,6,9,11-12,15-16H,5,7-8,10H2,1-2H3,(H,19,23)/t15-,16-/m0/s1. The average Bonchev–Trinajstić information content (AvgIpc) is 3.20. The predicted molar refractivity (Wildman–Crippen MR) is 89.3 cm³/mol. The van der Waals surface area contributed by atoms with E-state index in [1.165, 1.54) is 0 Å². The summed E-state index contributed by atoms with van der Waals surface area (Å²) in [6.07, 6.45) is 8.95. The SMILES string of the molecule is CO[C@H]1CCN(C(=O)NCc2cccnc2)[C@H]1Cc1cnn(C)c1. The molecule has 1 aliphatic rings. The summed E-state index contributed by atoms with van der Waals surface area (Å²) >= 11 is 0. The van der Waals surface area contributed by atoms with Crippen LogP contribution in [0.2, 0.25) is 0 Å². The first kappa shape index (κ1) is 16.4. The van der Waals surface area contributed by atoms with E-state index in [1.807, 2.05) is 36.5 Å². The highest BCUT2D eigenvalue weighted by Crippen LogP contribution is 2.24. The molecule has 7 heteroatoms. The number of hydrogen-bond acceptors (Lipinski definition) is 4. The maximum Gasteiger partial charge on any atom is 0.318 e. The molecule has 0 aromatic carbocycles. The molecule has 1 fully saturated rings. The molecule has 2 aromatic heterocycles. The summed E-state index contributed by atoms with van der Waals surface area (Å²) in [6.45, 7) is 1.17. The van der Waals surface area contributed by atoms with Gasteiger partial charge in [-0.3, -0.25) is 9.67 Å². The highest BCUT2D eigenvalue weighted by atomic mass is 16.5. The summed E-state index contributed by atoms with van der Waals surface area (Å²) in [5, 5.41) is 7.18. The van der Waals surface area contributed by atoms with Gasteiger partial charge in [-0.05, 0) is 30.0 Å². The van der Waals surface area contributed by atoms with Crippen molar-refractivity contribution in [2.24, 2.45) is 7.05 Å². The molecule has 0 radical (unpaired) electrons. The fourth-order valence-electron chi connectivity index (χ4n) is 3.19. The van der Waals surface area contributed by atoms with Gasteiger partial charge in [0.05, 0.1) is 18.3 Å². The number of pyridine rings is 1. The summed E-state index contributed by atoms with van der Waals surface area (Å²) in [6, 6.07) is 3.77. The van der Waals surface area contributed by atoms with Crippen molar-refractivity contribution >= 4 is 6.03 Å². The van der Waals surface area contributed by atoms with E-state index in [0.717, 1.165) is 24.0 Å². The fourth-order valence-corrected chi connectivity index (χ4v) is 3.19. The Bertz CT molecular complexity index is 673. The first-order chi connectivity index (χ1) is 11.7. The Balaban J connectivity index is 1.64. The van der Waals surface area contributed by atoms with Crippen LogP contribution in [-0.2, 0) is 24.8 Å². The van der Waals surface area contributed by atoms with Gasteiger partial charge >= 0.3 is 6.03 Å². The number of likely N-dealkylation sites (tertiary alicyclic amines) is 1. The van der Waals surface area contributed by atoms with E-state index in [9.17, 15) is 4.79 Å². The van der Waals surface area contributed by atoms with E-state index < -0.39 is 0 Å². The zero-order valence-corrected chi connectivity index (χ0v) is 14.1. The number of aromatic nitrogens is 3. The third-order valence-corrected chi connectivity index (χ3v) is 4.42. The monoisotopic (exact) mass is 329 g/mol. The number of nitrogens with one attached hydrogen (secondary N) is 1. The van der Waals surface area contributed by atoms with Crippen LogP contribution in [0.3, 0.4) is 0 Å². The Morgan fingerprint density at radius 3 is 2.96 bits per heavy atom. The lowest BCUT2D eigenvalue weighted by molar-refractivity contribution is 0.0724. The molecule has 2 atom stereocenters. The van der Waals surface area contributed by atoms with Gasteiger partial charge in [0.1, 0.15) is 0 Å². The van der Waals surface area contributed by atoms with Crippen molar-refractivity contribution in [3.05, 3.63) is 48.0 Å². The van der Waals surface area contributed by atoms with E-state index in [-0.39, 0.29) is 18.2 Å². The van der Waals surface area contributed by atoms with Crippen LogP contribution < -0.4 is 5.32 Å². The van der Waals surface area contributed by atoms with Crippen LogP contribution in [-0.4, -0.2) is 51.5 Å². The van der Waals surface area contributed by atoms with E-state index in [2.05, 4.69) is 15.4 Å². The maximum absolute atomic E-state index is 12.6. The molecule has 7 nitrogen and oxygen atoms in total. The maximum atomic E-state index is 12.6. The van der Waals surface area contributed by atoms with Crippen LogP contribution in [0.25, 0.3) is 0 Å². The van der Waals surface area contributed by atoms with Crippen molar-refractivity contribution in [1.29, 1.82) is 0 Å². The molecule has 0 unspecified atom stereocenters. The van der Waals surface area contributed by atoms with E-state index in [1.54, 1.807) is 24.2 Å². The Labute approximate surface area is 141 Å². The Hall–Kier alpha value is -2.41. The van der Waals surface area contributed by atoms with Crippen molar-refractivity contribution in [3.8, 4) is 0 Å². The Morgan fingerprint density at radius 2 is 2.29 bits per heavy atom. The zero-order chi connectivity index (χ0) is 16.9. The van der Waals surface area contributed by atoms with Gasteiger partial charge in [0.15, 0.2) is 0 Å².